The molecule has 0 heterocycles. The molecular weight excluding hydrogens is 275 g/mol. The van der Waals surface area contributed by atoms with E-state index in [1.54, 1.807) is 6.08 Å². The van der Waals surface area contributed by atoms with Gasteiger partial charge in [0.05, 0.1) is 5.88 Å². The lowest BCUT2D eigenvalue weighted by atomic mass is 10.1. The normalized spacial score (nSPS) is 10.9. The average Bonchev–Trinajstić information content (AvgIpc) is 2.21. The van der Waals surface area contributed by atoms with Crippen LogP contribution in [0.25, 0.3) is 6.08 Å². The van der Waals surface area contributed by atoms with Crippen LogP contribution in [0.15, 0.2) is 22.7 Å². The molecule has 3 heteroatoms. The van der Waals surface area contributed by atoms with Gasteiger partial charge in [-0.3, -0.25) is 4.79 Å². The van der Waals surface area contributed by atoms with Crippen LogP contribution in [0.3, 0.4) is 0 Å². The zero-order valence-electron chi connectivity index (χ0n) is 8.68. The van der Waals surface area contributed by atoms with Crippen molar-refractivity contribution >= 4 is 39.4 Å². The average molecular weight is 288 g/mol. The van der Waals surface area contributed by atoms with E-state index in [-0.39, 0.29) is 11.7 Å². The third kappa shape index (κ3) is 3.47. The Hall–Kier alpha value is -0.600. The van der Waals surface area contributed by atoms with Gasteiger partial charge in [-0.1, -0.05) is 28.1 Å². The molecule has 1 rings (SSSR count). The molecule has 0 saturated heterocycles. The van der Waals surface area contributed by atoms with Crippen LogP contribution in [0.5, 0.6) is 0 Å². The molecule has 0 atom stereocenters. The Bertz CT molecular complexity index is 410. The minimum absolute atomic E-state index is 0.0328. The quantitative estimate of drug-likeness (QED) is 0.609. The van der Waals surface area contributed by atoms with Gasteiger partial charge in [-0.2, -0.15) is 0 Å². The molecule has 0 radical (unpaired) electrons. The molecule has 1 aromatic rings. The van der Waals surface area contributed by atoms with Crippen LogP contribution in [0.2, 0.25) is 0 Å². The van der Waals surface area contributed by atoms with Crippen molar-refractivity contribution in [2.75, 3.05) is 5.88 Å². The molecule has 15 heavy (non-hydrogen) atoms. The highest BCUT2D eigenvalue weighted by molar-refractivity contribution is 9.10. The van der Waals surface area contributed by atoms with Crippen molar-refractivity contribution in [3.8, 4) is 0 Å². The van der Waals surface area contributed by atoms with Crippen molar-refractivity contribution in [2.24, 2.45) is 0 Å². The smallest absolute Gasteiger partial charge is 0.170 e. The molecule has 0 aliphatic rings. The predicted molar refractivity (Wildman–Crippen MR) is 68.4 cm³/mol. The summed E-state index contributed by atoms with van der Waals surface area (Å²) in [6.45, 7) is 4.03. The highest BCUT2D eigenvalue weighted by Crippen LogP contribution is 2.21. The van der Waals surface area contributed by atoms with E-state index < -0.39 is 0 Å². The monoisotopic (exact) mass is 286 g/mol. The van der Waals surface area contributed by atoms with Gasteiger partial charge < -0.3 is 0 Å². The minimum Gasteiger partial charge on any atom is -0.294 e. The zero-order chi connectivity index (χ0) is 11.4. The summed E-state index contributed by atoms with van der Waals surface area (Å²) in [5.41, 5.74) is 3.33. The van der Waals surface area contributed by atoms with E-state index in [4.69, 9.17) is 11.6 Å². The summed E-state index contributed by atoms with van der Waals surface area (Å²) >= 11 is 8.87. The standard InChI is InChI=1S/C12H12BrClO/c1-8-6-12(13)9(2)5-10(8)3-4-11(15)7-14/h3-6H,7H2,1-2H3. The summed E-state index contributed by atoms with van der Waals surface area (Å²) in [4.78, 5) is 11.0. The lowest BCUT2D eigenvalue weighted by molar-refractivity contribution is -0.112. The van der Waals surface area contributed by atoms with Crippen LogP contribution in [0.1, 0.15) is 16.7 Å². The molecule has 0 unspecified atom stereocenters. The number of rotatable bonds is 3. The van der Waals surface area contributed by atoms with Crippen molar-refractivity contribution in [1.82, 2.24) is 0 Å². The van der Waals surface area contributed by atoms with Gasteiger partial charge in [0, 0.05) is 4.47 Å². The van der Waals surface area contributed by atoms with Gasteiger partial charge in [0.25, 0.3) is 0 Å². The molecule has 0 spiro atoms. The van der Waals surface area contributed by atoms with Crippen molar-refractivity contribution in [1.29, 1.82) is 0 Å². The highest BCUT2D eigenvalue weighted by Gasteiger charge is 2.00. The number of carbonyl (C=O) groups is 1. The number of aryl methyl sites for hydroxylation is 2. The van der Waals surface area contributed by atoms with E-state index in [2.05, 4.69) is 15.9 Å². The number of allylic oxidation sites excluding steroid dienone is 1. The molecule has 0 N–H and O–H groups in total. The number of alkyl halides is 1. The Labute approximate surface area is 103 Å². The Kier molecular flexibility index (Phi) is 4.55. The second kappa shape index (κ2) is 5.47. The largest absolute Gasteiger partial charge is 0.294 e. The third-order valence-corrected chi connectivity index (χ3v) is 3.25. The van der Waals surface area contributed by atoms with Crippen molar-refractivity contribution in [2.45, 2.75) is 13.8 Å². The lowest BCUT2D eigenvalue weighted by Gasteiger charge is -2.04. The summed E-state index contributed by atoms with van der Waals surface area (Å²) < 4.78 is 1.08. The molecule has 0 aliphatic heterocycles. The van der Waals surface area contributed by atoms with E-state index >= 15 is 0 Å². The number of hydrogen-bond donors (Lipinski definition) is 0. The first-order valence-electron chi connectivity index (χ1n) is 4.58. The van der Waals surface area contributed by atoms with Gasteiger partial charge >= 0.3 is 0 Å². The second-order valence-corrected chi connectivity index (χ2v) is 4.51. The minimum atomic E-state index is -0.0726. The molecule has 80 valence electrons. The number of benzene rings is 1. The van der Waals surface area contributed by atoms with Crippen LogP contribution < -0.4 is 0 Å². The van der Waals surface area contributed by atoms with Gasteiger partial charge in [0.15, 0.2) is 5.78 Å². The number of carbonyl (C=O) groups excluding carboxylic acids is 1. The van der Waals surface area contributed by atoms with Crippen LogP contribution in [-0.2, 0) is 4.79 Å². The summed E-state index contributed by atoms with van der Waals surface area (Å²) in [6, 6.07) is 4.08. The summed E-state index contributed by atoms with van der Waals surface area (Å²) in [7, 11) is 0. The maximum atomic E-state index is 11.0. The molecule has 0 amide bonds. The molecule has 0 aromatic heterocycles. The van der Waals surface area contributed by atoms with Crippen molar-refractivity contribution < 1.29 is 4.79 Å². The second-order valence-electron chi connectivity index (χ2n) is 3.39. The van der Waals surface area contributed by atoms with E-state index in [1.165, 1.54) is 6.08 Å². The predicted octanol–water partition coefficient (Wildman–Crippen LogP) is 3.89. The first-order chi connectivity index (χ1) is 7.04. The summed E-state index contributed by atoms with van der Waals surface area (Å²) in [6.07, 6.45) is 3.32. The Morgan fingerprint density at radius 3 is 2.67 bits per heavy atom. The van der Waals surface area contributed by atoms with E-state index in [0.717, 1.165) is 21.2 Å². The Morgan fingerprint density at radius 1 is 1.40 bits per heavy atom. The topological polar surface area (TPSA) is 17.1 Å². The van der Waals surface area contributed by atoms with Crippen LogP contribution in [-0.4, -0.2) is 11.7 Å². The SMILES string of the molecule is Cc1cc(C=CC(=O)CCl)c(C)cc1Br. The van der Waals surface area contributed by atoms with Gasteiger partial charge in [-0.05, 0) is 42.7 Å². The number of hydrogen-bond acceptors (Lipinski definition) is 1. The lowest BCUT2D eigenvalue weighted by Crippen LogP contribution is -1.92. The highest BCUT2D eigenvalue weighted by atomic mass is 79.9. The fourth-order valence-corrected chi connectivity index (χ4v) is 1.76. The fraction of sp³-hybridized carbons (Fsp3) is 0.250. The molecule has 0 aliphatic carbocycles. The van der Waals surface area contributed by atoms with Gasteiger partial charge in [0.2, 0.25) is 0 Å². The number of halogens is 2. The molecule has 0 bridgehead atoms. The molecule has 0 saturated carbocycles. The molecule has 1 aromatic carbocycles. The van der Waals surface area contributed by atoms with Gasteiger partial charge in [-0.15, -0.1) is 11.6 Å². The Balaban J connectivity index is 3.00. The van der Waals surface area contributed by atoms with Crippen molar-refractivity contribution in [3.05, 3.63) is 39.4 Å². The van der Waals surface area contributed by atoms with E-state index in [0.29, 0.717) is 0 Å². The fourth-order valence-electron chi connectivity index (χ4n) is 1.21. The Morgan fingerprint density at radius 2 is 2.07 bits per heavy atom. The zero-order valence-corrected chi connectivity index (χ0v) is 11.0. The van der Waals surface area contributed by atoms with Crippen LogP contribution in [0, 0.1) is 13.8 Å². The maximum Gasteiger partial charge on any atom is 0.170 e. The summed E-state index contributed by atoms with van der Waals surface area (Å²) in [5, 5.41) is 0. The van der Waals surface area contributed by atoms with Crippen LogP contribution in [0.4, 0.5) is 0 Å². The maximum absolute atomic E-state index is 11.0. The van der Waals surface area contributed by atoms with Gasteiger partial charge in [0.1, 0.15) is 0 Å². The van der Waals surface area contributed by atoms with Gasteiger partial charge in [-0.25, -0.2) is 0 Å². The molecule has 0 fully saturated rings. The van der Waals surface area contributed by atoms with Crippen LogP contribution >= 0.6 is 27.5 Å². The van der Waals surface area contributed by atoms with Crippen molar-refractivity contribution in [3.63, 3.8) is 0 Å². The van der Waals surface area contributed by atoms with E-state index in [9.17, 15) is 4.79 Å². The summed E-state index contributed by atoms with van der Waals surface area (Å²) in [5.74, 6) is -0.0398. The number of ketones is 1. The molecular formula is C12H12BrClO. The van der Waals surface area contributed by atoms with E-state index in [1.807, 2.05) is 26.0 Å². The molecule has 1 nitrogen and oxygen atoms in total. The first kappa shape index (κ1) is 12.5. The first-order valence-corrected chi connectivity index (χ1v) is 5.91. The third-order valence-electron chi connectivity index (χ3n) is 2.13.